The van der Waals surface area contributed by atoms with Gasteiger partial charge in [-0.1, -0.05) is 20.8 Å². The number of ether oxygens (including phenoxy) is 3. The molecular formula is C16H30O5. The van der Waals surface area contributed by atoms with Crippen molar-refractivity contribution in [1.29, 1.82) is 0 Å². The number of carbonyl (C=O) groups excluding carboxylic acids is 2. The third-order valence-electron chi connectivity index (χ3n) is 2.93. The van der Waals surface area contributed by atoms with Gasteiger partial charge in [-0.25, -0.2) is 0 Å². The van der Waals surface area contributed by atoms with Crippen molar-refractivity contribution >= 4 is 11.9 Å². The molecule has 5 nitrogen and oxygen atoms in total. The Morgan fingerprint density at radius 2 is 1.43 bits per heavy atom. The van der Waals surface area contributed by atoms with Gasteiger partial charge >= 0.3 is 11.9 Å². The number of esters is 2. The zero-order chi connectivity index (χ0) is 16.1. The van der Waals surface area contributed by atoms with E-state index < -0.39 is 0 Å². The first-order chi connectivity index (χ1) is 9.95. The molecule has 0 bridgehead atoms. The summed E-state index contributed by atoms with van der Waals surface area (Å²) in [6.45, 7) is 7.58. The third kappa shape index (κ3) is 13.6. The molecule has 5 heteroatoms. The molecule has 0 aromatic rings. The Labute approximate surface area is 128 Å². The van der Waals surface area contributed by atoms with Crippen molar-refractivity contribution in [3.8, 4) is 0 Å². The van der Waals surface area contributed by atoms with E-state index in [4.69, 9.17) is 14.2 Å². The third-order valence-corrected chi connectivity index (χ3v) is 2.93. The summed E-state index contributed by atoms with van der Waals surface area (Å²) in [7, 11) is 1.66. The summed E-state index contributed by atoms with van der Waals surface area (Å²) in [6.07, 6.45) is 2.91. The Hall–Kier alpha value is -1.10. The van der Waals surface area contributed by atoms with Gasteiger partial charge in [0.05, 0.1) is 13.2 Å². The molecule has 0 aromatic heterocycles. The van der Waals surface area contributed by atoms with Crippen molar-refractivity contribution in [3.05, 3.63) is 0 Å². The molecule has 0 fully saturated rings. The molecule has 0 N–H and O–H groups in total. The summed E-state index contributed by atoms with van der Waals surface area (Å²) in [6, 6.07) is 0. The summed E-state index contributed by atoms with van der Waals surface area (Å²) >= 11 is 0. The minimum atomic E-state index is -0.199. The molecule has 1 atom stereocenters. The van der Waals surface area contributed by atoms with E-state index in [9.17, 15) is 9.59 Å². The lowest BCUT2D eigenvalue weighted by atomic mass is 10.1. The smallest absolute Gasteiger partial charge is 0.305 e. The molecule has 0 aromatic carbocycles. The van der Waals surface area contributed by atoms with Gasteiger partial charge in [0, 0.05) is 26.6 Å². The zero-order valence-corrected chi connectivity index (χ0v) is 13.9. The molecule has 0 aliphatic heterocycles. The van der Waals surface area contributed by atoms with E-state index in [1.54, 1.807) is 7.11 Å². The van der Waals surface area contributed by atoms with Crippen LogP contribution in [0.25, 0.3) is 0 Å². The van der Waals surface area contributed by atoms with E-state index in [2.05, 4.69) is 0 Å². The monoisotopic (exact) mass is 302 g/mol. The van der Waals surface area contributed by atoms with Crippen LogP contribution in [-0.2, 0) is 23.8 Å². The predicted octanol–water partition coefficient (Wildman–Crippen LogP) is 2.96. The topological polar surface area (TPSA) is 61.8 Å². The molecule has 0 spiro atoms. The van der Waals surface area contributed by atoms with E-state index in [0.717, 1.165) is 6.42 Å². The number of hydrogen-bond acceptors (Lipinski definition) is 5. The number of rotatable bonds is 12. The van der Waals surface area contributed by atoms with Gasteiger partial charge in [-0.2, -0.15) is 0 Å². The van der Waals surface area contributed by atoms with Crippen LogP contribution in [0.15, 0.2) is 0 Å². The second kappa shape index (κ2) is 12.6. The lowest BCUT2D eigenvalue weighted by molar-refractivity contribution is -0.147. The maximum absolute atomic E-state index is 11.5. The van der Waals surface area contributed by atoms with Crippen LogP contribution in [0.1, 0.15) is 52.9 Å². The molecule has 0 aliphatic rings. The van der Waals surface area contributed by atoms with Crippen molar-refractivity contribution in [1.82, 2.24) is 0 Å². The van der Waals surface area contributed by atoms with Crippen LogP contribution in [0, 0.1) is 11.8 Å². The van der Waals surface area contributed by atoms with Crippen LogP contribution in [0.2, 0.25) is 0 Å². The number of methoxy groups -OCH3 is 1. The normalized spacial score (nSPS) is 12.2. The molecule has 124 valence electrons. The highest BCUT2D eigenvalue weighted by atomic mass is 16.5. The average molecular weight is 302 g/mol. The minimum absolute atomic E-state index is 0.190. The van der Waals surface area contributed by atoms with E-state index >= 15 is 0 Å². The highest BCUT2D eigenvalue weighted by Gasteiger charge is 2.09. The molecule has 0 saturated heterocycles. The number of hydrogen-bond donors (Lipinski definition) is 0. The number of unbranched alkanes of at least 4 members (excludes halogenated alkanes) is 1. The fourth-order valence-electron chi connectivity index (χ4n) is 1.58. The van der Waals surface area contributed by atoms with Gasteiger partial charge in [0.25, 0.3) is 0 Å². The fraction of sp³-hybridized carbons (Fsp3) is 0.875. The van der Waals surface area contributed by atoms with Gasteiger partial charge < -0.3 is 14.2 Å². The van der Waals surface area contributed by atoms with Crippen LogP contribution >= 0.6 is 0 Å². The highest BCUT2D eigenvalue weighted by Crippen LogP contribution is 2.07. The van der Waals surface area contributed by atoms with Crippen LogP contribution in [0.4, 0.5) is 0 Å². The fourth-order valence-corrected chi connectivity index (χ4v) is 1.58. The van der Waals surface area contributed by atoms with Crippen molar-refractivity contribution < 1.29 is 23.8 Å². The van der Waals surface area contributed by atoms with Crippen molar-refractivity contribution in [2.45, 2.75) is 52.9 Å². The van der Waals surface area contributed by atoms with Crippen LogP contribution in [0.5, 0.6) is 0 Å². The molecule has 1 unspecified atom stereocenters. The van der Waals surface area contributed by atoms with E-state index in [1.807, 2.05) is 20.8 Å². The lowest BCUT2D eigenvalue weighted by Crippen LogP contribution is -2.13. The van der Waals surface area contributed by atoms with Gasteiger partial charge in [0.15, 0.2) is 0 Å². The Morgan fingerprint density at radius 3 is 1.90 bits per heavy atom. The highest BCUT2D eigenvalue weighted by molar-refractivity contribution is 5.70. The SMILES string of the molecule is COCCC(C)COC(=O)CCCCC(=O)OCC(C)C. The molecule has 21 heavy (non-hydrogen) atoms. The molecular weight excluding hydrogens is 272 g/mol. The van der Waals surface area contributed by atoms with E-state index in [0.29, 0.717) is 57.3 Å². The molecule has 0 amide bonds. The maximum Gasteiger partial charge on any atom is 0.305 e. The summed E-state index contributed by atoms with van der Waals surface area (Å²) in [5.41, 5.74) is 0. The van der Waals surface area contributed by atoms with Gasteiger partial charge in [-0.3, -0.25) is 9.59 Å². The predicted molar refractivity (Wildman–Crippen MR) is 80.9 cm³/mol. The second-order valence-corrected chi connectivity index (χ2v) is 5.85. The lowest BCUT2D eigenvalue weighted by Gasteiger charge is -2.11. The van der Waals surface area contributed by atoms with Gasteiger partial charge in [-0.15, -0.1) is 0 Å². The van der Waals surface area contributed by atoms with Crippen molar-refractivity contribution in [2.24, 2.45) is 11.8 Å². The molecule has 0 radical (unpaired) electrons. The van der Waals surface area contributed by atoms with E-state index in [1.165, 1.54) is 0 Å². The second-order valence-electron chi connectivity index (χ2n) is 5.85. The zero-order valence-electron chi connectivity index (χ0n) is 13.9. The number of carbonyl (C=O) groups is 2. The Bertz CT molecular complexity index is 288. The maximum atomic E-state index is 11.5. The quantitative estimate of drug-likeness (QED) is 0.410. The van der Waals surface area contributed by atoms with E-state index in [-0.39, 0.29) is 11.9 Å². The van der Waals surface area contributed by atoms with Crippen LogP contribution < -0.4 is 0 Å². The summed E-state index contributed by atoms with van der Waals surface area (Å²) in [5, 5.41) is 0. The Kier molecular flexibility index (Phi) is 12.0. The summed E-state index contributed by atoms with van der Waals surface area (Å²) in [5.74, 6) is 0.268. The first-order valence-corrected chi connectivity index (χ1v) is 7.75. The van der Waals surface area contributed by atoms with Crippen molar-refractivity contribution in [3.63, 3.8) is 0 Å². The first kappa shape index (κ1) is 19.9. The largest absolute Gasteiger partial charge is 0.465 e. The van der Waals surface area contributed by atoms with Gasteiger partial charge in [0.1, 0.15) is 0 Å². The molecule has 0 saturated carbocycles. The molecule has 0 rings (SSSR count). The Morgan fingerprint density at radius 1 is 0.905 bits per heavy atom. The van der Waals surface area contributed by atoms with Crippen molar-refractivity contribution in [2.75, 3.05) is 26.9 Å². The van der Waals surface area contributed by atoms with Gasteiger partial charge in [-0.05, 0) is 31.1 Å². The Balaban J connectivity index is 3.51. The van der Waals surface area contributed by atoms with Crippen LogP contribution in [-0.4, -0.2) is 38.9 Å². The first-order valence-electron chi connectivity index (χ1n) is 7.75. The van der Waals surface area contributed by atoms with Crippen LogP contribution in [0.3, 0.4) is 0 Å². The summed E-state index contributed by atoms with van der Waals surface area (Å²) < 4.78 is 15.2. The average Bonchev–Trinajstić information content (AvgIpc) is 2.45. The molecule has 0 heterocycles. The standard InChI is InChI=1S/C16H30O5/c1-13(2)11-20-15(17)7-5-6-8-16(18)21-12-14(3)9-10-19-4/h13-14H,5-12H2,1-4H3. The minimum Gasteiger partial charge on any atom is -0.465 e. The van der Waals surface area contributed by atoms with Gasteiger partial charge in [0.2, 0.25) is 0 Å². The summed E-state index contributed by atoms with van der Waals surface area (Å²) in [4.78, 5) is 22.9. The molecule has 0 aliphatic carbocycles.